The number of allylic oxidation sites excluding steroid dienone is 5. The Bertz CT molecular complexity index is 1330. The molecule has 0 amide bonds. The van der Waals surface area contributed by atoms with Gasteiger partial charge in [-0.05, 0) is 78.9 Å². The zero-order chi connectivity index (χ0) is 31.0. The number of ether oxygens (including phenoxy) is 1. The smallest absolute Gasteiger partial charge is 0.302 e. The van der Waals surface area contributed by atoms with Crippen LogP contribution in [0.5, 0.6) is 0 Å². The molecule has 0 bridgehead atoms. The lowest BCUT2D eigenvalue weighted by Crippen LogP contribution is -2.49. The van der Waals surface area contributed by atoms with Crippen LogP contribution in [0.25, 0.3) is 0 Å². The molecular weight excluding hydrogens is 520 g/mol. The second-order valence-corrected chi connectivity index (χ2v) is 14.3. The lowest BCUT2D eigenvalue weighted by atomic mass is 9.47. The molecule has 6 heteroatoms. The maximum absolute atomic E-state index is 11.8. The summed E-state index contributed by atoms with van der Waals surface area (Å²) in [4.78, 5) is 11.8. The Labute approximate surface area is 252 Å². The minimum absolute atomic E-state index is 0.0724. The van der Waals surface area contributed by atoms with E-state index in [9.17, 15) is 25.8 Å². The van der Waals surface area contributed by atoms with Crippen molar-refractivity contribution in [2.75, 3.05) is 0 Å². The number of fused-ring (bicyclic) bond motifs is 4. The van der Waals surface area contributed by atoms with Gasteiger partial charge in [-0.3, -0.25) is 4.79 Å². The molecule has 2 saturated carbocycles. The van der Waals surface area contributed by atoms with Gasteiger partial charge in [0, 0.05) is 19.3 Å². The van der Waals surface area contributed by atoms with E-state index in [0.717, 1.165) is 49.7 Å². The van der Waals surface area contributed by atoms with Crippen molar-refractivity contribution in [1.82, 2.24) is 0 Å². The van der Waals surface area contributed by atoms with Crippen molar-refractivity contribution in [1.29, 1.82) is 21.0 Å². The zero-order valence-electron chi connectivity index (χ0n) is 26.4. The van der Waals surface area contributed by atoms with E-state index in [-0.39, 0.29) is 28.8 Å². The first-order valence-electron chi connectivity index (χ1n) is 15.7. The summed E-state index contributed by atoms with van der Waals surface area (Å²) in [6.07, 6.45) is 12.7. The number of rotatable bonds is 7. The Balaban J connectivity index is 1.90. The Morgan fingerprint density at radius 1 is 1.00 bits per heavy atom. The van der Waals surface area contributed by atoms with E-state index >= 15 is 0 Å². The van der Waals surface area contributed by atoms with E-state index in [4.69, 9.17) is 4.74 Å². The van der Waals surface area contributed by atoms with E-state index in [1.54, 1.807) is 0 Å². The second kappa shape index (κ2) is 11.7. The van der Waals surface area contributed by atoms with Crippen LogP contribution in [0, 0.1) is 103 Å². The summed E-state index contributed by atoms with van der Waals surface area (Å²) in [5.74, 6) is -0.315. The summed E-state index contributed by atoms with van der Waals surface area (Å²) < 4.78 is 5.63. The molecule has 0 saturated heterocycles. The third-order valence-corrected chi connectivity index (χ3v) is 11.8. The number of carbonyl (C=O) groups is 1. The average Bonchev–Trinajstić information content (AvgIpc) is 3.31. The molecule has 8 unspecified atom stereocenters. The largest absolute Gasteiger partial charge is 0.462 e. The van der Waals surface area contributed by atoms with Crippen LogP contribution in [-0.2, 0) is 9.53 Å². The molecule has 4 rings (SSSR count). The summed E-state index contributed by atoms with van der Waals surface area (Å²) in [6, 6.07) is 8.42. The quantitative estimate of drug-likeness (QED) is 0.227. The molecule has 0 aromatic rings. The molecule has 0 N–H and O–H groups in total. The molecule has 0 spiro atoms. The van der Waals surface area contributed by atoms with Crippen LogP contribution < -0.4 is 0 Å². The van der Waals surface area contributed by atoms with Gasteiger partial charge < -0.3 is 4.74 Å². The van der Waals surface area contributed by atoms with Crippen LogP contribution in [0.15, 0.2) is 34.9 Å². The van der Waals surface area contributed by atoms with Crippen molar-refractivity contribution in [2.45, 2.75) is 99.5 Å². The lowest BCUT2D eigenvalue weighted by Gasteiger charge is -2.56. The van der Waals surface area contributed by atoms with Crippen LogP contribution in [0.1, 0.15) is 93.4 Å². The van der Waals surface area contributed by atoms with Crippen LogP contribution in [0.2, 0.25) is 0 Å². The molecule has 0 radical (unpaired) electrons. The number of carbonyl (C=O) groups excluding carboxylic acids is 1. The van der Waals surface area contributed by atoms with Gasteiger partial charge >= 0.3 is 5.97 Å². The third-order valence-electron chi connectivity index (χ3n) is 11.8. The highest BCUT2D eigenvalue weighted by molar-refractivity contribution is 5.66. The fraction of sp³-hybridized carbons (Fsp3) is 0.694. The Morgan fingerprint density at radius 2 is 1.64 bits per heavy atom. The molecule has 0 aliphatic heterocycles. The highest BCUT2D eigenvalue weighted by Gasteiger charge is 2.60. The van der Waals surface area contributed by atoms with Crippen LogP contribution in [0.4, 0.5) is 0 Å². The van der Waals surface area contributed by atoms with Crippen molar-refractivity contribution >= 4 is 5.97 Å². The van der Waals surface area contributed by atoms with E-state index in [0.29, 0.717) is 30.1 Å². The van der Waals surface area contributed by atoms with Crippen molar-refractivity contribution in [3.8, 4) is 24.3 Å². The maximum Gasteiger partial charge on any atom is 0.302 e. The highest BCUT2D eigenvalue weighted by atomic mass is 16.5. The monoisotopic (exact) mass is 566 g/mol. The SMILES string of the molecule is CC(=O)OC1CCC2(C)C(=CC(C(C#N)(C#N)C(C#N)C#N)C3=C4CCC(C(C)/C=C/C(C)C(C)C)C4(C)CCC32)C1. The second-order valence-electron chi connectivity index (χ2n) is 14.3. The van der Waals surface area contributed by atoms with Gasteiger partial charge in [-0.2, -0.15) is 21.0 Å². The summed E-state index contributed by atoms with van der Waals surface area (Å²) in [5.41, 5.74) is 1.53. The molecule has 0 aromatic carbocycles. The molecule has 42 heavy (non-hydrogen) atoms. The lowest BCUT2D eigenvalue weighted by molar-refractivity contribution is -0.148. The molecule has 4 aliphatic rings. The van der Waals surface area contributed by atoms with E-state index in [2.05, 4.69) is 71.9 Å². The van der Waals surface area contributed by atoms with Crippen molar-refractivity contribution < 1.29 is 9.53 Å². The molecule has 222 valence electrons. The molecule has 0 heterocycles. The molecule has 6 nitrogen and oxygen atoms in total. The van der Waals surface area contributed by atoms with E-state index < -0.39 is 17.3 Å². The summed E-state index contributed by atoms with van der Waals surface area (Å²) in [5, 5.41) is 41.2. The fourth-order valence-corrected chi connectivity index (χ4v) is 8.93. The molecule has 4 aliphatic carbocycles. The van der Waals surface area contributed by atoms with Crippen molar-refractivity contribution in [3.63, 3.8) is 0 Å². The van der Waals surface area contributed by atoms with Gasteiger partial charge in [0.1, 0.15) is 6.10 Å². The van der Waals surface area contributed by atoms with Gasteiger partial charge in [-0.1, -0.05) is 76.5 Å². The van der Waals surface area contributed by atoms with Crippen molar-refractivity contribution in [3.05, 3.63) is 34.9 Å². The Morgan fingerprint density at radius 3 is 2.21 bits per heavy atom. The van der Waals surface area contributed by atoms with Gasteiger partial charge in [0.2, 0.25) is 0 Å². The molecule has 2 fully saturated rings. The number of nitriles is 4. The van der Waals surface area contributed by atoms with Gasteiger partial charge in [-0.15, -0.1) is 0 Å². The first kappa shape index (κ1) is 31.6. The molecule has 0 aromatic heterocycles. The van der Waals surface area contributed by atoms with Gasteiger partial charge in [0.25, 0.3) is 0 Å². The molecular formula is C36H46N4O2. The standard InChI is InChI=1S/C36H46N4O2/c1-22(2)23(3)8-9-24(4)29-10-11-30-33-31(13-15-35(29,30)7)34(6)14-12-28(42-25(5)41)16-26(34)17-32(33)36(20-39,21-40)27(18-37)19-38/h8-9,17,22-24,27-29,31-32H,10-16H2,1-7H3/b9-8+. The minimum Gasteiger partial charge on any atom is -0.462 e. The van der Waals surface area contributed by atoms with E-state index in [1.807, 2.05) is 12.1 Å². The van der Waals surface area contributed by atoms with Crippen LogP contribution in [0.3, 0.4) is 0 Å². The Hall–Kier alpha value is -3.35. The van der Waals surface area contributed by atoms with Gasteiger partial charge in [-0.25, -0.2) is 0 Å². The normalized spacial score (nSPS) is 33.8. The minimum atomic E-state index is -1.82. The van der Waals surface area contributed by atoms with Crippen molar-refractivity contribution in [2.24, 2.45) is 57.7 Å². The van der Waals surface area contributed by atoms with E-state index in [1.165, 1.54) is 12.5 Å². The van der Waals surface area contributed by atoms with Crippen LogP contribution in [-0.4, -0.2) is 12.1 Å². The fourth-order valence-electron chi connectivity index (χ4n) is 8.93. The van der Waals surface area contributed by atoms with Crippen LogP contribution >= 0.6 is 0 Å². The zero-order valence-corrected chi connectivity index (χ0v) is 26.4. The first-order valence-corrected chi connectivity index (χ1v) is 15.7. The highest BCUT2D eigenvalue weighted by Crippen LogP contribution is 2.67. The maximum atomic E-state index is 11.8. The summed E-state index contributed by atoms with van der Waals surface area (Å²) in [6.45, 7) is 15.2. The first-order chi connectivity index (χ1) is 19.8. The topological polar surface area (TPSA) is 121 Å². The summed E-state index contributed by atoms with van der Waals surface area (Å²) in [7, 11) is 0. The predicted molar refractivity (Wildman–Crippen MR) is 160 cm³/mol. The third kappa shape index (κ3) is 4.99. The van der Waals surface area contributed by atoms with Gasteiger partial charge in [0.05, 0.1) is 24.3 Å². The average molecular weight is 567 g/mol. The van der Waals surface area contributed by atoms with Gasteiger partial charge in [0.15, 0.2) is 11.3 Å². The molecule has 8 atom stereocenters. The number of esters is 1. The number of hydrogen-bond acceptors (Lipinski definition) is 6. The number of hydrogen-bond donors (Lipinski definition) is 0. The summed E-state index contributed by atoms with van der Waals surface area (Å²) >= 11 is 0. The Kier molecular flexibility index (Phi) is 8.82. The predicted octanol–water partition coefficient (Wildman–Crippen LogP) is 7.97. The number of nitrogens with zero attached hydrogens (tertiary/aromatic N) is 4.